The summed E-state index contributed by atoms with van der Waals surface area (Å²) in [5.41, 5.74) is 5.34. The third-order valence-electron chi connectivity index (χ3n) is 1.87. The quantitative estimate of drug-likeness (QED) is 0.737. The van der Waals surface area contributed by atoms with Crippen molar-refractivity contribution in [1.29, 1.82) is 0 Å². The molecule has 74 valence electrons. The number of halogens is 3. The highest BCUT2D eigenvalue weighted by Crippen LogP contribution is 2.34. The smallest absolute Gasteiger partial charge is 0.382 e. The van der Waals surface area contributed by atoms with E-state index in [1.807, 2.05) is 0 Å². The third kappa shape index (κ3) is 1.93. The zero-order chi connectivity index (χ0) is 10.2. The molecule has 0 spiro atoms. The number of anilines is 1. The number of nitrogens with zero attached hydrogens (tertiary/aromatic N) is 2. The molecular weight excluding hydrogens is 183 g/mol. The predicted octanol–water partition coefficient (Wildman–Crippen LogP) is 1.67. The first kappa shape index (κ1) is 9.88. The number of aryl methyl sites for hydroxylation is 1. The molecule has 1 aromatic rings. The molecule has 2 N–H and O–H groups in total. The maximum Gasteiger partial charge on any atom is 0.396 e. The maximum atomic E-state index is 12.2. The Morgan fingerprint density at radius 2 is 2.08 bits per heavy atom. The van der Waals surface area contributed by atoms with E-state index in [1.54, 1.807) is 0 Å². The minimum atomic E-state index is -4.25. The Kier molecular flexibility index (Phi) is 2.23. The second kappa shape index (κ2) is 2.93. The van der Waals surface area contributed by atoms with Gasteiger partial charge in [-0.2, -0.15) is 18.3 Å². The largest absolute Gasteiger partial charge is 0.396 e. The summed E-state index contributed by atoms with van der Waals surface area (Å²) in [6.07, 6.45) is -4.25. The summed E-state index contributed by atoms with van der Waals surface area (Å²) in [5.74, 6) is -1.43. The van der Waals surface area contributed by atoms with E-state index < -0.39 is 12.1 Å². The van der Waals surface area contributed by atoms with Crippen molar-refractivity contribution in [3.8, 4) is 0 Å². The van der Waals surface area contributed by atoms with Crippen LogP contribution in [0.15, 0.2) is 6.07 Å². The van der Waals surface area contributed by atoms with Gasteiger partial charge >= 0.3 is 6.18 Å². The van der Waals surface area contributed by atoms with Crippen molar-refractivity contribution in [2.45, 2.75) is 19.0 Å². The molecule has 0 aliphatic carbocycles. The lowest BCUT2D eigenvalue weighted by molar-refractivity contribution is -0.147. The molecule has 0 aliphatic heterocycles. The number of hydrogen-bond acceptors (Lipinski definition) is 2. The van der Waals surface area contributed by atoms with E-state index in [4.69, 9.17) is 5.73 Å². The fourth-order valence-corrected chi connectivity index (χ4v) is 1.08. The number of nitrogen functional groups attached to an aromatic ring is 1. The molecule has 1 aromatic heterocycles. The van der Waals surface area contributed by atoms with Crippen molar-refractivity contribution in [1.82, 2.24) is 9.78 Å². The number of nitrogens with two attached hydrogens (primary N) is 1. The average molecular weight is 193 g/mol. The Balaban J connectivity index is 3.01. The van der Waals surface area contributed by atoms with Gasteiger partial charge in [0.15, 0.2) is 0 Å². The van der Waals surface area contributed by atoms with E-state index in [2.05, 4.69) is 5.10 Å². The van der Waals surface area contributed by atoms with Gasteiger partial charge in [-0.3, -0.25) is 4.68 Å². The number of alkyl halides is 3. The standard InChI is InChI=1S/C7H10F3N3/c1-4(7(8,9)10)5-3-6(11)12-13(5)2/h3-4H,1-2H3,(H2,11,12). The van der Waals surface area contributed by atoms with Crippen molar-refractivity contribution < 1.29 is 13.2 Å². The van der Waals surface area contributed by atoms with Crippen LogP contribution in [0.4, 0.5) is 19.0 Å². The first-order valence-electron chi connectivity index (χ1n) is 3.68. The zero-order valence-corrected chi connectivity index (χ0v) is 7.26. The van der Waals surface area contributed by atoms with Crippen LogP contribution < -0.4 is 5.73 Å². The fraction of sp³-hybridized carbons (Fsp3) is 0.571. The van der Waals surface area contributed by atoms with Crippen molar-refractivity contribution >= 4 is 5.82 Å². The Morgan fingerprint density at radius 3 is 2.38 bits per heavy atom. The van der Waals surface area contributed by atoms with Gasteiger partial charge in [-0.25, -0.2) is 0 Å². The third-order valence-corrected chi connectivity index (χ3v) is 1.87. The molecule has 0 aromatic carbocycles. The van der Waals surface area contributed by atoms with E-state index in [1.165, 1.54) is 13.1 Å². The van der Waals surface area contributed by atoms with Crippen LogP contribution in [0.5, 0.6) is 0 Å². The van der Waals surface area contributed by atoms with Crippen LogP contribution >= 0.6 is 0 Å². The zero-order valence-electron chi connectivity index (χ0n) is 7.26. The van der Waals surface area contributed by atoms with Gasteiger partial charge in [-0.1, -0.05) is 0 Å². The number of hydrogen-bond donors (Lipinski definition) is 1. The summed E-state index contributed by atoms with van der Waals surface area (Å²) >= 11 is 0. The summed E-state index contributed by atoms with van der Waals surface area (Å²) in [7, 11) is 1.44. The molecule has 3 nitrogen and oxygen atoms in total. The van der Waals surface area contributed by atoms with Crippen molar-refractivity contribution in [2.24, 2.45) is 7.05 Å². The molecular formula is C7H10F3N3. The van der Waals surface area contributed by atoms with Crippen LogP contribution in [0.2, 0.25) is 0 Å². The molecule has 1 rings (SSSR count). The Hall–Kier alpha value is -1.20. The lowest BCUT2D eigenvalue weighted by Crippen LogP contribution is -2.20. The Bertz CT molecular complexity index is 302. The topological polar surface area (TPSA) is 43.8 Å². The molecule has 0 saturated heterocycles. The molecule has 0 fully saturated rings. The highest BCUT2D eigenvalue weighted by molar-refractivity contribution is 5.31. The SMILES string of the molecule is CC(c1cc(N)nn1C)C(F)(F)F. The molecule has 6 heteroatoms. The van der Waals surface area contributed by atoms with Gasteiger partial charge in [0, 0.05) is 13.1 Å². The second-order valence-electron chi connectivity index (χ2n) is 2.88. The van der Waals surface area contributed by atoms with Gasteiger partial charge in [-0.15, -0.1) is 0 Å². The van der Waals surface area contributed by atoms with Crippen LogP contribution in [0.1, 0.15) is 18.5 Å². The first-order chi connectivity index (χ1) is 5.82. The molecule has 0 bridgehead atoms. The van der Waals surface area contributed by atoms with E-state index in [-0.39, 0.29) is 11.5 Å². The summed E-state index contributed by atoms with van der Waals surface area (Å²) in [6.45, 7) is 1.08. The summed E-state index contributed by atoms with van der Waals surface area (Å²) < 4.78 is 37.9. The maximum absolute atomic E-state index is 12.2. The minimum absolute atomic E-state index is 0.0741. The molecule has 0 amide bonds. The Morgan fingerprint density at radius 1 is 1.54 bits per heavy atom. The van der Waals surface area contributed by atoms with Gasteiger partial charge in [0.05, 0.1) is 11.6 Å². The van der Waals surface area contributed by atoms with Crippen LogP contribution in [0, 0.1) is 0 Å². The molecule has 13 heavy (non-hydrogen) atoms. The lowest BCUT2D eigenvalue weighted by atomic mass is 10.1. The van der Waals surface area contributed by atoms with Crippen LogP contribution in [-0.4, -0.2) is 16.0 Å². The van der Waals surface area contributed by atoms with E-state index in [9.17, 15) is 13.2 Å². The van der Waals surface area contributed by atoms with Crippen LogP contribution in [0.25, 0.3) is 0 Å². The predicted molar refractivity (Wildman–Crippen MR) is 42.1 cm³/mol. The monoisotopic (exact) mass is 193 g/mol. The molecule has 1 atom stereocenters. The number of aromatic nitrogens is 2. The molecule has 1 heterocycles. The van der Waals surface area contributed by atoms with Crippen LogP contribution in [0.3, 0.4) is 0 Å². The first-order valence-corrected chi connectivity index (χ1v) is 3.68. The Labute approximate surface area is 73.3 Å². The highest BCUT2D eigenvalue weighted by Gasteiger charge is 2.38. The minimum Gasteiger partial charge on any atom is -0.382 e. The highest BCUT2D eigenvalue weighted by atomic mass is 19.4. The lowest BCUT2D eigenvalue weighted by Gasteiger charge is -2.15. The molecule has 0 radical (unpaired) electrons. The van der Waals surface area contributed by atoms with E-state index in [0.29, 0.717) is 0 Å². The fourth-order valence-electron chi connectivity index (χ4n) is 1.08. The van der Waals surface area contributed by atoms with Gasteiger partial charge < -0.3 is 5.73 Å². The molecule has 1 unspecified atom stereocenters. The summed E-state index contributed by atoms with van der Waals surface area (Å²) in [6, 6.07) is 1.23. The van der Waals surface area contributed by atoms with Gasteiger partial charge in [0.25, 0.3) is 0 Å². The van der Waals surface area contributed by atoms with E-state index in [0.717, 1.165) is 11.6 Å². The van der Waals surface area contributed by atoms with Gasteiger partial charge in [-0.05, 0) is 6.92 Å². The average Bonchev–Trinajstić information content (AvgIpc) is 2.26. The molecule has 0 saturated carbocycles. The van der Waals surface area contributed by atoms with Crippen molar-refractivity contribution in [3.63, 3.8) is 0 Å². The van der Waals surface area contributed by atoms with Gasteiger partial charge in [0.1, 0.15) is 5.82 Å². The van der Waals surface area contributed by atoms with Gasteiger partial charge in [0.2, 0.25) is 0 Å². The summed E-state index contributed by atoms with van der Waals surface area (Å²) in [4.78, 5) is 0. The molecule has 0 aliphatic rings. The van der Waals surface area contributed by atoms with Crippen LogP contribution in [-0.2, 0) is 7.05 Å². The van der Waals surface area contributed by atoms with Crippen molar-refractivity contribution in [3.05, 3.63) is 11.8 Å². The summed E-state index contributed by atoms with van der Waals surface area (Å²) in [5, 5.41) is 3.64. The van der Waals surface area contributed by atoms with Crippen molar-refractivity contribution in [2.75, 3.05) is 5.73 Å². The number of rotatable bonds is 1. The second-order valence-corrected chi connectivity index (χ2v) is 2.88. The van der Waals surface area contributed by atoms with E-state index >= 15 is 0 Å². The normalized spacial score (nSPS) is 14.5.